The van der Waals surface area contributed by atoms with Gasteiger partial charge in [0.15, 0.2) is 10.8 Å². The normalized spacial score (nSPS) is 10.5. The van der Waals surface area contributed by atoms with E-state index in [0.29, 0.717) is 24.0 Å². The molecule has 0 saturated carbocycles. The maximum atomic E-state index is 11.6. The Morgan fingerprint density at radius 2 is 2.21 bits per heavy atom. The van der Waals surface area contributed by atoms with Gasteiger partial charge in [-0.1, -0.05) is 0 Å². The van der Waals surface area contributed by atoms with Gasteiger partial charge >= 0.3 is 5.97 Å². The number of aromatic nitrogens is 2. The molecule has 2 heterocycles. The summed E-state index contributed by atoms with van der Waals surface area (Å²) in [6.45, 7) is 6.59. The molecule has 2 rings (SSSR count). The maximum Gasteiger partial charge on any atom is 0.358 e. The van der Waals surface area contributed by atoms with Gasteiger partial charge in [-0.2, -0.15) is 0 Å². The van der Waals surface area contributed by atoms with Crippen LogP contribution in [-0.4, -0.2) is 22.5 Å². The van der Waals surface area contributed by atoms with E-state index in [0.717, 1.165) is 15.6 Å². The van der Waals surface area contributed by atoms with Crippen molar-refractivity contribution in [2.75, 3.05) is 11.9 Å². The summed E-state index contributed by atoms with van der Waals surface area (Å²) in [5, 5.41) is 6.91. The first-order valence-corrected chi connectivity index (χ1v) is 7.59. The van der Waals surface area contributed by atoms with E-state index >= 15 is 0 Å². The molecule has 5 nitrogen and oxygen atoms in total. The number of carbonyl (C=O) groups is 1. The molecule has 0 unspecified atom stereocenters. The van der Waals surface area contributed by atoms with Gasteiger partial charge in [-0.25, -0.2) is 14.8 Å². The number of nitrogens with zero attached hydrogens (tertiary/aromatic N) is 2. The van der Waals surface area contributed by atoms with Crippen molar-refractivity contribution in [1.29, 1.82) is 0 Å². The molecule has 0 fully saturated rings. The van der Waals surface area contributed by atoms with Crippen LogP contribution in [0, 0.1) is 13.8 Å². The van der Waals surface area contributed by atoms with Gasteiger partial charge in [0.1, 0.15) is 5.01 Å². The molecule has 19 heavy (non-hydrogen) atoms. The topological polar surface area (TPSA) is 64.1 Å². The Balaban J connectivity index is 2.01. The molecule has 1 N–H and O–H groups in total. The van der Waals surface area contributed by atoms with Crippen LogP contribution in [-0.2, 0) is 11.3 Å². The summed E-state index contributed by atoms with van der Waals surface area (Å²) >= 11 is 3.05. The predicted octanol–water partition coefficient (Wildman–Crippen LogP) is 3.01. The molecular weight excluding hydrogens is 282 g/mol. The molecule has 7 heteroatoms. The molecule has 0 aliphatic rings. The minimum Gasteiger partial charge on any atom is -0.461 e. The lowest BCUT2D eigenvalue weighted by Gasteiger charge is -1.99. The van der Waals surface area contributed by atoms with Crippen molar-refractivity contribution in [2.24, 2.45) is 0 Å². The Kier molecular flexibility index (Phi) is 4.49. The van der Waals surface area contributed by atoms with Crippen LogP contribution < -0.4 is 5.32 Å². The van der Waals surface area contributed by atoms with E-state index in [-0.39, 0.29) is 5.97 Å². The second-order valence-electron chi connectivity index (χ2n) is 3.88. The Morgan fingerprint density at radius 1 is 1.42 bits per heavy atom. The van der Waals surface area contributed by atoms with Crippen LogP contribution in [0.3, 0.4) is 0 Å². The van der Waals surface area contributed by atoms with Gasteiger partial charge in [0.25, 0.3) is 0 Å². The fourth-order valence-corrected chi connectivity index (χ4v) is 3.00. The Hall–Kier alpha value is -1.47. The lowest BCUT2D eigenvalue weighted by molar-refractivity contribution is 0.0519. The van der Waals surface area contributed by atoms with Crippen LogP contribution in [0.5, 0.6) is 0 Å². The highest BCUT2D eigenvalue weighted by molar-refractivity contribution is 7.15. The first-order chi connectivity index (χ1) is 9.10. The highest BCUT2D eigenvalue weighted by atomic mass is 32.1. The summed E-state index contributed by atoms with van der Waals surface area (Å²) in [5.74, 6) is -0.366. The quantitative estimate of drug-likeness (QED) is 0.859. The van der Waals surface area contributed by atoms with Gasteiger partial charge < -0.3 is 10.1 Å². The molecule has 0 bridgehead atoms. The van der Waals surface area contributed by atoms with Crippen LogP contribution in [0.4, 0.5) is 5.13 Å². The fraction of sp³-hybridized carbons (Fsp3) is 0.417. The summed E-state index contributed by atoms with van der Waals surface area (Å²) in [7, 11) is 0. The molecular formula is C12H15N3O2S2. The second-order valence-corrected chi connectivity index (χ2v) is 6.03. The van der Waals surface area contributed by atoms with Crippen molar-refractivity contribution in [3.8, 4) is 0 Å². The second kappa shape index (κ2) is 6.12. The minimum absolute atomic E-state index is 0.358. The molecule has 0 radical (unpaired) electrons. The van der Waals surface area contributed by atoms with Crippen LogP contribution in [0.25, 0.3) is 0 Å². The third-order valence-corrected chi connectivity index (χ3v) is 4.22. The van der Waals surface area contributed by atoms with Crippen LogP contribution in [0.2, 0.25) is 0 Å². The van der Waals surface area contributed by atoms with Crippen molar-refractivity contribution in [1.82, 2.24) is 9.97 Å². The third kappa shape index (κ3) is 3.51. The highest BCUT2D eigenvalue weighted by Crippen LogP contribution is 2.23. The largest absolute Gasteiger partial charge is 0.461 e. The summed E-state index contributed by atoms with van der Waals surface area (Å²) in [5.41, 5.74) is 1.41. The molecule has 0 atom stereocenters. The van der Waals surface area contributed by atoms with Crippen molar-refractivity contribution in [3.63, 3.8) is 0 Å². The molecule has 0 aliphatic heterocycles. The van der Waals surface area contributed by atoms with Crippen LogP contribution in [0.15, 0.2) is 5.38 Å². The number of ether oxygens (including phenoxy) is 1. The first-order valence-electron chi connectivity index (χ1n) is 5.89. The van der Waals surface area contributed by atoms with Crippen LogP contribution in [0.1, 0.15) is 33.0 Å². The van der Waals surface area contributed by atoms with E-state index in [9.17, 15) is 4.79 Å². The lowest BCUT2D eigenvalue weighted by atomic mass is 10.4. The number of anilines is 1. The Bertz CT molecular complexity index is 577. The molecule has 0 spiro atoms. The number of esters is 1. The summed E-state index contributed by atoms with van der Waals surface area (Å²) in [6, 6.07) is 0. The SMILES string of the molecule is CCOC(=O)c1nc(NCc2nc(C)cs2)sc1C. The van der Waals surface area contributed by atoms with Gasteiger partial charge in [-0.3, -0.25) is 0 Å². The number of thiazole rings is 2. The smallest absolute Gasteiger partial charge is 0.358 e. The zero-order valence-electron chi connectivity index (χ0n) is 11.0. The van der Waals surface area contributed by atoms with Crippen molar-refractivity contribution < 1.29 is 9.53 Å². The van der Waals surface area contributed by atoms with E-state index in [2.05, 4.69) is 15.3 Å². The molecule has 2 aromatic rings. The van der Waals surface area contributed by atoms with Crippen molar-refractivity contribution in [3.05, 3.63) is 26.7 Å². The Labute approximate surface area is 119 Å². The lowest BCUT2D eigenvalue weighted by Crippen LogP contribution is -2.07. The number of aryl methyl sites for hydroxylation is 2. The molecule has 0 amide bonds. The molecule has 0 aromatic carbocycles. The van der Waals surface area contributed by atoms with E-state index < -0.39 is 0 Å². The monoisotopic (exact) mass is 297 g/mol. The van der Waals surface area contributed by atoms with Gasteiger partial charge in [0, 0.05) is 16.0 Å². The molecule has 102 valence electrons. The van der Waals surface area contributed by atoms with Gasteiger partial charge in [0.2, 0.25) is 0 Å². The number of carbonyl (C=O) groups excluding carboxylic acids is 1. The maximum absolute atomic E-state index is 11.6. The van der Waals surface area contributed by atoms with E-state index in [1.54, 1.807) is 18.3 Å². The number of rotatable bonds is 5. The number of nitrogens with one attached hydrogen (secondary N) is 1. The van der Waals surface area contributed by atoms with Gasteiger partial charge in [0.05, 0.1) is 13.2 Å². The average Bonchev–Trinajstić information content (AvgIpc) is 2.93. The zero-order chi connectivity index (χ0) is 13.8. The first kappa shape index (κ1) is 14.0. The van der Waals surface area contributed by atoms with E-state index in [1.807, 2.05) is 19.2 Å². The average molecular weight is 297 g/mol. The third-order valence-electron chi connectivity index (χ3n) is 2.32. The summed E-state index contributed by atoms with van der Waals surface area (Å²) in [4.78, 5) is 21.1. The van der Waals surface area contributed by atoms with Crippen LogP contribution >= 0.6 is 22.7 Å². The number of hydrogen-bond acceptors (Lipinski definition) is 7. The summed E-state index contributed by atoms with van der Waals surface area (Å²) in [6.07, 6.45) is 0. The molecule has 0 aliphatic carbocycles. The van der Waals surface area contributed by atoms with E-state index in [1.165, 1.54) is 11.3 Å². The predicted molar refractivity (Wildman–Crippen MR) is 77.0 cm³/mol. The Morgan fingerprint density at radius 3 is 2.84 bits per heavy atom. The molecule has 0 saturated heterocycles. The standard InChI is InChI=1S/C12H15N3O2S2/c1-4-17-11(16)10-8(3)19-12(15-10)13-5-9-14-7(2)6-18-9/h6H,4-5H2,1-3H3,(H,13,15). The highest BCUT2D eigenvalue weighted by Gasteiger charge is 2.16. The van der Waals surface area contributed by atoms with E-state index in [4.69, 9.17) is 4.74 Å². The van der Waals surface area contributed by atoms with Crippen molar-refractivity contribution >= 4 is 33.8 Å². The zero-order valence-corrected chi connectivity index (χ0v) is 12.7. The van der Waals surface area contributed by atoms with Gasteiger partial charge in [-0.05, 0) is 20.8 Å². The summed E-state index contributed by atoms with van der Waals surface area (Å²) < 4.78 is 4.96. The van der Waals surface area contributed by atoms with Gasteiger partial charge in [-0.15, -0.1) is 22.7 Å². The minimum atomic E-state index is -0.366. The molecule has 2 aromatic heterocycles. The van der Waals surface area contributed by atoms with Crippen molar-refractivity contribution in [2.45, 2.75) is 27.3 Å². The number of hydrogen-bond donors (Lipinski definition) is 1. The fourth-order valence-electron chi connectivity index (χ4n) is 1.50.